The van der Waals surface area contributed by atoms with E-state index in [4.69, 9.17) is 4.74 Å². The molecule has 1 aromatic carbocycles. The van der Waals surface area contributed by atoms with Crippen LogP contribution in [0.15, 0.2) is 18.2 Å². The van der Waals surface area contributed by atoms with Gasteiger partial charge in [0.1, 0.15) is 11.6 Å². The third kappa shape index (κ3) is 3.29. The largest absolute Gasteiger partial charge is 0.493 e. The Balaban J connectivity index is 2.57. The second-order valence-corrected chi connectivity index (χ2v) is 3.65. The van der Waals surface area contributed by atoms with Crippen LogP contribution in [0.2, 0.25) is 0 Å². The van der Waals surface area contributed by atoms with Crippen molar-refractivity contribution >= 4 is 15.9 Å². The van der Waals surface area contributed by atoms with Crippen LogP contribution in [-0.4, -0.2) is 6.61 Å². The predicted octanol–water partition coefficient (Wildman–Crippen LogP) is 3.90. The van der Waals surface area contributed by atoms with Crippen LogP contribution in [0.5, 0.6) is 5.75 Å². The number of halogens is 2. The fourth-order valence-electron chi connectivity index (χ4n) is 1.06. The number of benzene rings is 1. The van der Waals surface area contributed by atoms with Crippen molar-refractivity contribution in [3.8, 4) is 5.75 Å². The lowest BCUT2D eigenvalue weighted by Gasteiger charge is -2.06. The van der Waals surface area contributed by atoms with Crippen molar-refractivity contribution in [1.82, 2.24) is 0 Å². The average Bonchev–Trinajstić information content (AvgIpc) is 2.18. The quantitative estimate of drug-likeness (QED) is 0.577. The van der Waals surface area contributed by atoms with Crippen molar-refractivity contribution in [3.63, 3.8) is 0 Å². The minimum absolute atomic E-state index is 0.212. The van der Waals surface area contributed by atoms with Gasteiger partial charge in [0.05, 0.1) is 6.61 Å². The Kier molecular flexibility index (Phi) is 4.94. The van der Waals surface area contributed by atoms with Crippen LogP contribution in [0.3, 0.4) is 0 Å². The van der Waals surface area contributed by atoms with Gasteiger partial charge in [0, 0.05) is 11.4 Å². The van der Waals surface area contributed by atoms with E-state index in [2.05, 4.69) is 22.9 Å². The van der Waals surface area contributed by atoms with Crippen molar-refractivity contribution in [2.24, 2.45) is 0 Å². The first-order chi connectivity index (χ1) is 6.77. The predicted molar refractivity (Wildman–Crippen MR) is 59.4 cm³/mol. The van der Waals surface area contributed by atoms with Crippen molar-refractivity contribution in [2.45, 2.75) is 25.1 Å². The Morgan fingerprint density at radius 2 is 2.21 bits per heavy atom. The summed E-state index contributed by atoms with van der Waals surface area (Å²) in [4.78, 5) is 0. The van der Waals surface area contributed by atoms with Gasteiger partial charge in [0.2, 0.25) is 0 Å². The van der Waals surface area contributed by atoms with Crippen LogP contribution in [-0.2, 0) is 5.33 Å². The Hall–Kier alpha value is -0.570. The molecule has 0 heterocycles. The third-order valence-corrected chi connectivity index (χ3v) is 2.54. The highest BCUT2D eigenvalue weighted by molar-refractivity contribution is 9.08. The Morgan fingerprint density at radius 3 is 2.79 bits per heavy atom. The van der Waals surface area contributed by atoms with Gasteiger partial charge in [-0.3, -0.25) is 0 Å². The van der Waals surface area contributed by atoms with Crippen LogP contribution >= 0.6 is 15.9 Å². The monoisotopic (exact) mass is 260 g/mol. The lowest BCUT2D eigenvalue weighted by molar-refractivity contribution is 0.307. The lowest BCUT2D eigenvalue weighted by atomic mass is 10.2. The summed E-state index contributed by atoms with van der Waals surface area (Å²) >= 11 is 3.22. The fraction of sp³-hybridized carbons (Fsp3) is 0.455. The number of rotatable bonds is 5. The zero-order valence-corrected chi connectivity index (χ0v) is 9.81. The molecule has 0 saturated heterocycles. The molecule has 0 bridgehead atoms. The van der Waals surface area contributed by atoms with Crippen molar-refractivity contribution in [1.29, 1.82) is 0 Å². The summed E-state index contributed by atoms with van der Waals surface area (Å²) in [6.45, 7) is 2.75. The number of alkyl halides is 1. The Labute approximate surface area is 92.4 Å². The summed E-state index contributed by atoms with van der Waals surface area (Å²) in [7, 11) is 0. The van der Waals surface area contributed by atoms with E-state index in [9.17, 15) is 4.39 Å². The van der Waals surface area contributed by atoms with Crippen LogP contribution in [0, 0.1) is 5.82 Å². The van der Waals surface area contributed by atoms with Gasteiger partial charge in [0.25, 0.3) is 0 Å². The average molecular weight is 261 g/mol. The van der Waals surface area contributed by atoms with Gasteiger partial charge in [-0.05, 0) is 18.1 Å². The highest BCUT2D eigenvalue weighted by Gasteiger charge is 2.02. The maximum absolute atomic E-state index is 13.2. The number of ether oxygens (including phenoxy) is 1. The summed E-state index contributed by atoms with van der Waals surface area (Å²) < 4.78 is 18.6. The molecular formula is C11H14BrFO. The molecule has 0 fully saturated rings. The van der Waals surface area contributed by atoms with E-state index in [1.807, 2.05) is 0 Å². The number of hydrogen-bond acceptors (Lipinski definition) is 1. The third-order valence-electron chi connectivity index (χ3n) is 1.94. The zero-order valence-electron chi connectivity index (χ0n) is 8.22. The van der Waals surface area contributed by atoms with Gasteiger partial charge in [-0.2, -0.15) is 0 Å². The van der Waals surface area contributed by atoms with Crippen LogP contribution < -0.4 is 4.74 Å². The molecule has 0 aliphatic heterocycles. The van der Waals surface area contributed by atoms with E-state index in [1.54, 1.807) is 12.1 Å². The summed E-state index contributed by atoms with van der Waals surface area (Å²) in [5.74, 6) is 0.400. The SMILES string of the molecule is CCCCOc1ccc(CBr)c(F)c1. The van der Waals surface area contributed by atoms with Crippen LogP contribution in [0.4, 0.5) is 4.39 Å². The molecule has 0 radical (unpaired) electrons. The second-order valence-electron chi connectivity index (χ2n) is 3.09. The minimum atomic E-state index is -0.212. The molecule has 0 amide bonds. The molecule has 0 aliphatic rings. The highest BCUT2D eigenvalue weighted by Crippen LogP contribution is 2.18. The fourth-order valence-corrected chi connectivity index (χ4v) is 1.52. The second kappa shape index (κ2) is 6.02. The molecule has 1 nitrogen and oxygen atoms in total. The molecule has 0 spiro atoms. The van der Waals surface area contributed by atoms with Crippen molar-refractivity contribution in [2.75, 3.05) is 6.61 Å². The molecule has 0 N–H and O–H groups in total. The first-order valence-corrected chi connectivity index (χ1v) is 5.87. The number of hydrogen-bond donors (Lipinski definition) is 0. The smallest absolute Gasteiger partial charge is 0.130 e. The molecule has 3 heteroatoms. The van der Waals surface area contributed by atoms with E-state index in [1.165, 1.54) is 6.07 Å². The molecule has 1 rings (SSSR count). The molecule has 0 aromatic heterocycles. The molecule has 14 heavy (non-hydrogen) atoms. The molecule has 0 atom stereocenters. The summed E-state index contributed by atoms with van der Waals surface area (Å²) in [5, 5.41) is 0.536. The van der Waals surface area contributed by atoms with Gasteiger partial charge in [-0.15, -0.1) is 0 Å². The molecule has 0 aliphatic carbocycles. The molecular weight excluding hydrogens is 247 g/mol. The summed E-state index contributed by atoms with van der Waals surface area (Å²) in [5.41, 5.74) is 0.660. The normalized spacial score (nSPS) is 10.2. The summed E-state index contributed by atoms with van der Waals surface area (Å²) in [6, 6.07) is 4.98. The highest BCUT2D eigenvalue weighted by atomic mass is 79.9. The maximum Gasteiger partial charge on any atom is 0.130 e. The lowest BCUT2D eigenvalue weighted by Crippen LogP contribution is -1.97. The zero-order chi connectivity index (χ0) is 10.4. The topological polar surface area (TPSA) is 9.23 Å². The molecule has 0 saturated carbocycles. The van der Waals surface area contributed by atoms with Crippen LogP contribution in [0.1, 0.15) is 25.3 Å². The van der Waals surface area contributed by atoms with Crippen molar-refractivity contribution in [3.05, 3.63) is 29.6 Å². The first-order valence-electron chi connectivity index (χ1n) is 4.75. The van der Waals surface area contributed by atoms with E-state index in [-0.39, 0.29) is 5.82 Å². The van der Waals surface area contributed by atoms with Gasteiger partial charge in [-0.1, -0.05) is 35.3 Å². The van der Waals surface area contributed by atoms with E-state index >= 15 is 0 Å². The molecule has 1 aromatic rings. The first kappa shape index (κ1) is 11.5. The Morgan fingerprint density at radius 1 is 1.43 bits per heavy atom. The molecule has 78 valence electrons. The van der Waals surface area contributed by atoms with Gasteiger partial charge < -0.3 is 4.74 Å². The van der Waals surface area contributed by atoms with E-state index in [0.29, 0.717) is 23.2 Å². The summed E-state index contributed by atoms with van der Waals surface area (Å²) in [6.07, 6.45) is 2.09. The van der Waals surface area contributed by atoms with Crippen molar-refractivity contribution < 1.29 is 9.13 Å². The van der Waals surface area contributed by atoms with Gasteiger partial charge >= 0.3 is 0 Å². The maximum atomic E-state index is 13.2. The number of unbranched alkanes of at least 4 members (excludes halogenated alkanes) is 1. The van der Waals surface area contributed by atoms with E-state index < -0.39 is 0 Å². The Bertz CT molecular complexity index is 289. The van der Waals surface area contributed by atoms with Crippen LogP contribution in [0.25, 0.3) is 0 Å². The van der Waals surface area contributed by atoms with Gasteiger partial charge in [-0.25, -0.2) is 4.39 Å². The molecule has 0 unspecified atom stereocenters. The van der Waals surface area contributed by atoms with E-state index in [0.717, 1.165) is 12.8 Å². The standard InChI is InChI=1S/C11H14BrFO/c1-2-3-6-14-10-5-4-9(8-12)11(13)7-10/h4-5,7H,2-3,6,8H2,1H3. The minimum Gasteiger partial charge on any atom is -0.493 e. The van der Waals surface area contributed by atoms with Gasteiger partial charge in [0.15, 0.2) is 0 Å².